The van der Waals surface area contributed by atoms with Gasteiger partial charge >= 0.3 is 0 Å². The van der Waals surface area contributed by atoms with E-state index in [9.17, 15) is 0 Å². The lowest BCUT2D eigenvalue weighted by atomic mass is 9.72. The van der Waals surface area contributed by atoms with Crippen molar-refractivity contribution in [2.45, 2.75) is 26.8 Å². The normalized spacial score (nSPS) is 16.3. The summed E-state index contributed by atoms with van der Waals surface area (Å²) in [7, 11) is 0. The molecule has 0 radical (unpaired) electrons. The van der Waals surface area contributed by atoms with Crippen LogP contribution in [0.15, 0.2) is 190 Å². The molecule has 0 spiro atoms. The number of rotatable bonds is 5. The molecule has 11 aromatic rings. The third kappa shape index (κ3) is 5.01. The van der Waals surface area contributed by atoms with E-state index in [0.29, 0.717) is 0 Å². The van der Waals surface area contributed by atoms with Crippen LogP contribution in [0.1, 0.15) is 37.9 Å². The van der Waals surface area contributed by atoms with Gasteiger partial charge in [-0.25, -0.2) is 4.98 Å². The molecule has 4 aromatic heterocycles. The van der Waals surface area contributed by atoms with Crippen LogP contribution in [0.25, 0.3) is 93.9 Å². The maximum atomic E-state index is 6.56. The Morgan fingerprint density at radius 1 is 0.508 bits per heavy atom. The molecule has 1 aliphatic rings. The van der Waals surface area contributed by atoms with Gasteiger partial charge in [0.1, 0.15) is 28.2 Å². The van der Waals surface area contributed by atoms with Gasteiger partial charge in [0.05, 0.1) is 17.1 Å². The molecule has 7 aromatic carbocycles. The van der Waals surface area contributed by atoms with Gasteiger partial charge in [-0.15, -0.1) is 0 Å². The van der Waals surface area contributed by atoms with Crippen molar-refractivity contribution in [1.29, 1.82) is 0 Å². The SMILES string of the molecule is CC1=C(c2ccc3oc4ccccc4c3c2)C(C)C(n2ccnc2-c2ccccc2)C(C)=C1c1ccc2oc3ccc(-n4c5ccccc5c5ccccc54)cc3c2c1. The summed E-state index contributed by atoms with van der Waals surface area (Å²) < 4.78 is 17.6. The van der Waals surface area contributed by atoms with E-state index in [1.54, 1.807) is 0 Å². The monoisotopic (exact) mass is 761 g/mol. The van der Waals surface area contributed by atoms with Crippen molar-refractivity contribution in [2.24, 2.45) is 5.92 Å². The Labute approximate surface area is 340 Å². The summed E-state index contributed by atoms with van der Waals surface area (Å²) in [6.45, 7) is 7.00. The van der Waals surface area contributed by atoms with Crippen molar-refractivity contribution in [2.75, 3.05) is 0 Å². The summed E-state index contributed by atoms with van der Waals surface area (Å²) in [6.07, 6.45) is 4.09. The Morgan fingerprint density at radius 3 is 1.80 bits per heavy atom. The number of hydrogen-bond acceptors (Lipinski definition) is 3. The summed E-state index contributed by atoms with van der Waals surface area (Å²) in [5.41, 5.74) is 15.7. The lowest BCUT2D eigenvalue weighted by Crippen LogP contribution is -2.25. The standard InChI is InChI=1S/C54H39N3O2/c1-32-51(36-21-24-48-42(29-36)41-17-9-12-20-47(41)58-48)33(2)53(56-28-27-55-54(56)35-13-5-4-6-14-35)34(3)52(32)37-22-25-49-43(30-37)44-31-38(23-26-50(44)59-49)57-45-18-10-7-15-39(45)40-16-8-11-19-46(40)57/h4-31,33,53H,1-3H3. The first-order valence-electron chi connectivity index (χ1n) is 20.4. The third-order valence-corrected chi connectivity index (χ3v) is 12.8. The van der Waals surface area contributed by atoms with Crippen molar-refractivity contribution in [3.63, 3.8) is 0 Å². The lowest BCUT2D eigenvalue weighted by molar-refractivity contribution is 0.476. The third-order valence-electron chi connectivity index (χ3n) is 12.8. The zero-order valence-electron chi connectivity index (χ0n) is 33.0. The molecule has 282 valence electrons. The number of hydrogen-bond donors (Lipinski definition) is 0. The molecular weight excluding hydrogens is 723 g/mol. The van der Waals surface area contributed by atoms with E-state index in [2.05, 4.69) is 188 Å². The van der Waals surface area contributed by atoms with Crippen LogP contribution in [-0.2, 0) is 0 Å². The van der Waals surface area contributed by atoms with Gasteiger partial charge in [-0.05, 0) is 108 Å². The zero-order chi connectivity index (χ0) is 39.4. The molecule has 0 saturated carbocycles. The molecule has 0 aliphatic heterocycles. The highest BCUT2D eigenvalue weighted by Crippen LogP contribution is 2.51. The Hall–Kier alpha value is -7.37. The molecule has 0 amide bonds. The van der Waals surface area contributed by atoms with E-state index in [1.807, 2.05) is 12.3 Å². The van der Waals surface area contributed by atoms with Gasteiger partial charge in [-0.1, -0.05) is 104 Å². The second-order valence-corrected chi connectivity index (χ2v) is 16.0. The number of nitrogens with zero attached hydrogens (tertiary/aromatic N) is 3. The van der Waals surface area contributed by atoms with Gasteiger partial charge in [0.25, 0.3) is 0 Å². The average molecular weight is 762 g/mol. The minimum atomic E-state index is 0.0110. The van der Waals surface area contributed by atoms with Crippen LogP contribution in [0.2, 0.25) is 0 Å². The fraction of sp³-hybridized carbons (Fsp3) is 0.0926. The van der Waals surface area contributed by atoms with Crippen LogP contribution in [-0.4, -0.2) is 14.1 Å². The number of fused-ring (bicyclic) bond motifs is 9. The highest BCUT2D eigenvalue weighted by atomic mass is 16.3. The summed E-state index contributed by atoms with van der Waals surface area (Å²) in [4.78, 5) is 4.95. The van der Waals surface area contributed by atoms with Crippen LogP contribution in [0, 0.1) is 5.92 Å². The fourth-order valence-electron chi connectivity index (χ4n) is 10.3. The first-order valence-corrected chi connectivity index (χ1v) is 20.4. The minimum Gasteiger partial charge on any atom is -0.456 e. The largest absolute Gasteiger partial charge is 0.456 e. The molecule has 59 heavy (non-hydrogen) atoms. The Balaban J connectivity index is 1.08. The number of benzene rings is 7. The van der Waals surface area contributed by atoms with E-state index >= 15 is 0 Å². The lowest BCUT2D eigenvalue weighted by Gasteiger charge is -2.37. The molecule has 5 heteroatoms. The van der Waals surface area contributed by atoms with Crippen molar-refractivity contribution < 1.29 is 8.83 Å². The van der Waals surface area contributed by atoms with E-state index in [4.69, 9.17) is 13.8 Å². The Morgan fingerprint density at radius 2 is 1.07 bits per heavy atom. The number of aromatic nitrogens is 3. The molecule has 0 fully saturated rings. The smallest absolute Gasteiger partial charge is 0.140 e. The van der Waals surface area contributed by atoms with Crippen LogP contribution < -0.4 is 0 Å². The molecular formula is C54H39N3O2. The molecule has 0 N–H and O–H groups in total. The van der Waals surface area contributed by atoms with Gasteiger partial charge < -0.3 is 18.0 Å². The predicted octanol–water partition coefficient (Wildman–Crippen LogP) is 14.6. The summed E-state index contributed by atoms with van der Waals surface area (Å²) >= 11 is 0. The van der Waals surface area contributed by atoms with Crippen LogP contribution in [0.4, 0.5) is 0 Å². The van der Waals surface area contributed by atoms with Gasteiger partial charge in [0, 0.05) is 61.9 Å². The molecule has 5 nitrogen and oxygen atoms in total. The van der Waals surface area contributed by atoms with Crippen LogP contribution >= 0.6 is 0 Å². The van der Waals surface area contributed by atoms with E-state index in [-0.39, 0.29) is 12.0 Å². The van der Waals surface area contributed by atoms with Gasteiger partial charge in [0.2, 0.25) is 0 Å². The first-order chi connectivity index (χ1) is 29.0. The van der Waals surface area contributed by atoms with Crippen molar-refractivity contribution >= 4 is 76.8 Å². The van der Waals surface area contributed by atoms with Crippen LogP contribution in [0.5, 0.6) is 0 Å². The number of imidazole rings is 1. The Kier molecular flexibility index (Phi) is 7.33. The molecule has 2 unspecified atom stereocenters. The average Bonchev–Trinajstić information content (AvgIpc) is 4.06. The molecule has 2 atom stereocenters. The molecule has 0 saturated heterocycles. The fourth-order valence-corrected chi connectivity index (χ4v) is 10.3. The topological polar surface area (TPSA) is 49.0 Å². The second-order valence-electron chi connectivity index (χ2n) is 16.0. The van der Waals surface area contributed by atoms with E-state index in [1.165, 1.54) is 55.2 Å². The van der Waals surface area contributed by atoms with Gasteiger partial charge in [0.15, 0.2) is 0 Å². The highest BCUT2D eigenvalue weighted by molar-refractivity contribution is 6.11. The van der Waals surface area contributed by atoms with Crippen molar-refractivity contribution in [1.82, 2.24) is 14.1 Å². The Bertz CT molecular complexity index is 3500. The van der Waals surface area contributed by atoms with E-state index in [0.717, 1.165) is 61.0 Å². The molecule has 4 heterocycles. The summed E-state index contributed by atoms with van der Waals surface area (Å²) in [5.74, 6) is 1.10. The number of allylic oxidation sites excluding steroid dienone is 4. The molecule has 1 aliphatic carbocycles. The maximum absolute atomic E-state index is 6.56. The quantitative estimate of drug-likeness (QED) is 0.175. The highest BCUT2D eigenvalue weighted by Gasteiger charge is 2.35. The molecule has 0 bridgehead atoms. The number of furan rings is 2. The molecule has 12 rings (SSSR count). The maximum Gasteiger partial charge on any atom is 0.140 e. The zero-order valence-corrected chi connectivity index (χ0v) is 33.0. The van der Waals surface area contributed by atoms with Crippen LogP contribution in [0.3, 0.4) is 0 Å². The van der Waals surface area contributed by atoms with Crippen molar-refractivity contribution in [3.8, 4) is 17.1 Å². The minimum absolute atomic E-state index is 0.0110. The second kappa shape index (κ2) is 12.8. The van der Waals surface area contributed by atoms with Crippen molar-refractivity contribution in [3.05, 3.63) is 192 Å². The van der Waals surface area contributed by atoms with Gasteiger partial charge in [-0.3, -0.25) is 0 Å². The summed E-state index contributed by atoms with van der Waals surface area (Å²) in [6, 6.07) is 56.3. The van der Waals surface area contributed by atoms with Gasteiger partial charge in [-0.2, -0.15) is 0 Å². The van der Waals surface area contributed by atoms with E-state index < -0.39 is 0 Å². The first kappa shape index (κ1) is 33.7. The predicted molar refractivity (Wildman–Crippen MR) is 243 cm³/mol. The number of para-hydroxylation sites is 3. The summed E-state index contributed by atoms with van der Waals surface area (Å²) in [5, 5.41) is 6.96.